The van der Waals surface area contributed by atoms with E-state index in [-0.39, 0.29) is 22.8 Å². The SMILES string of the molecule is CCCCCOC(=O)c1cc(-c2ccnc(N)n2)[nH]c1-c1cc(Cl)ccc1F. The van der Waals surface area contributed by atoms with Gasteiger partial charge < -0.3 is 15.5 Å². The minimum absolute atomic E-state index is 0.0891. The van der Waals surface area contributed by atoms with Crippen molar-refractivity contribution >= 4 is 23.5 Å². The predicted molar refractivity (Wildman–Crippen MR) is 106 cm³/mol. The second-order valence-electron chi connectivity index (χ2n) is 6.24. The molecule has 0 atom stereocenters. The maximum Gasteiger partial charge on any atom is 0.340 e. The van der Waals surface area contributed by atoms with Crippen molar-refractivity contribution in [3.8, 4) is 22.6 Å². The molecule has 0 unspecified atom stereocenters. The van der Waals surface area contributed by atoms with Crippen LogP contribution in [0.25, 0.3) is 22.6 Å². The number of carbonyl (C=O) groups is 1. The van der Waals surface area contributed by atoms with Gasteiger partial charge in [-0.25, -0.2) is 19.2 Å². The number of hydrogen-bond donors (Lipinski definition) is 2. The lowest BCUT2D eigenvalue weighted by Crippen LogP contribution is -2.07. The highest BCUT2D eigenvalue weighted by molar-refractivity contribution is 6.30. The maximum atomic E-state index is 14.5. The molecule has 0 aliphatic heterocycles. The van der Waals surface area contributed by atoms with E-state index in [1.54, 1.807) is 12.1 Å². The lowest BCUT2D eigenvalue weighted by atomic mass is 10.1. The van der Waals surface area contributed by atoms with E-state index in [2.05, 4.69) is 21.9 Å². The number of nitrogens with two attached hydrogens (primary N) is 1. The molecular formula is C20H20ClFN4O2. The zero-order valence-electron chi connectivity index (χ0n) is 15.3. The zero-order valence-corrected chi connectivity index (χ0v) is 16.1. The second kappa shape index (κ2) is 8.84. The normalized spacial score (nSPS) is 10.8. The van der Waals surface area contributed by atoms with Crippen molar-refractivity contribution in [1.82, 2.24) is 15.0 Å². The van der Waals surface area contributed by atoms with Crippen molar-refractivity contribution < 1.29 is 13.9 Å². The summed E-state index contributed by atoms with van der Waals surface area (Å²) in [5, 5.41) is 0.348. The Bertz CT molecular complexity index is 990. The van der Waals surface area contributed by atoms with E-state index < -0.39 is 11.8 Å². The van der Waals surface area contributed by atoms with Gasteiger partial charge in [-0.2, -0.15) is 0 Å². The van der Waals surface area contributed by atoms with Gasteiger partial charge in [-0.1, -0.05) is 31.4 Å². The number of unbranched alkanes of at least 4 members (excludes halogenated alkanes) is 2. The van der Waals surface area contributed by atoms with E-state index in [1.165, 1.54) is 24.4 Å². The van der Waals surface area contributed by atoms with E-state index in [1.807, 2.05) is 0 Å². The quantitative estimate of drug-likeness (QED) is 0.434. The van der Waals surface area contributed by atoms with Crippen LogP contribution >= 0.6 is 11.6 Å². The second-order valence-corrected chi connectivity index (χ2v) is 6.68. The Balaban J connectivity index is 2.03. The lowest BCUT2D eigenvalue weighted by molar-refractivity contribution is 0.0499. The number of rotatable bonds is 7. The fourth-order valence-corrected chi connectivity index (χ4v) is 2.95. The molecule has 0 amide bonds. The number of H-pyrrole nitrogens is 1. The van der Waals surface area contributed by atoms with Crippen LogP contribution in [0.2, 0.25) is 5.02 Å². The highest BCUT2D eigenvalue weighted by Crippen LogP contribution is 2.32. The fraction of sp³-hybridized carbons (Fsp3) is 0.250. The summed E-state index contributed by atoms with van der Waals surface area (Å²) in [6, 6.07) is 7.35. The Morgan fingerprint density at radius 3 is 2.86 bits per heavy atom. The minimum Gasteiger partial charge on any atom is -0.462 e. The largest absolute Gasteiger partial charge is 0.462 e. The van der Waals surface area contributed by atoms with Crippen molar-refractivity contribution in [2.24, 2.45) is 0 Å². The number of benzene rings is 1. The van der Waals surface area contributed by atoms with Gasteiger partial charge in [-0.05, 0) is 36.8 Å². The molecule has 6 nitrogen and oxygen atoms in total. The van der Waals surface area contributed by atoms with Crippen molar-refractivity contribution in [1.29, 1.82) is 0 Å². The molecule has 0 spiro atoms. The summed E-state index contributed by atoms with van der Waals surface area (Å²) >= 11 is 6.03. The molecule has 28 heavy (non-hydrogen) atoms. The van der Waals surface area contributed by atoms with Crippen LogP contribution in [0, 0.1) is 5.82 Å². The average molecular weight is 403 g/mol. The van der Waals surface area contributed by atoms with Crippen molar-refractivity contribution in [3.05, 3.63) is 52.9 Å². The fourth-order valence-electron chi connectivity index (χ4n) is 2.77. The van der Waals surface area contributed by atoms with Gasteiger partial charge in [0.25, 0.3) is 0 Å². The van der Waals surface area contributed by atoms with Crippen LogP contribution in [-0.4, -0.2) is 27.5 Å². The Morgan fingerprint density at radius 1 is 1.29 bits per heavy atom. The number of halogens is 2. The van der Waals surface area contributed by atoms with Gasteiger partial charge >= 0.3 is 5.97 Å². The monoisotopic (exact) mass is 402 g/mol. The first kappa shape index (κ1) is 19.8. The van der Waals surface area contributed by atoms with Gasteiger partial charge in [0.15, 0.2) is 0 Å². The van der Waals surface area contributed by atoms with Crippen LogP contribution in [0.1, 0.15) is 36.5 Å². The third-order valence-corrected chi connectivity index (χ3v) is 4.40. The number of aromatic amines is 1. The Kier molecular flexibility index (Phi) is 6.26. The smallest absolute Gasteiger partial charge is 0.340 e. The van der Waals surface area contributed by atoms with Crippen LogP contribution in [0.4, 0.5) is 10.3 Å². The number of anilines is 1. The molecule has 0 radical (unpaired) electrons. The van der Waals surface area contributed by atoms with Gasteiger partial charge in [0.1, 0.15) is 5.82 Å². The molecule has 2 heterocycles. The van der Waals surface area contributed by atoms with Gasteiger partial charge in [0, 0.05) is 16.8 Å². The summed E-state index contributed by atoms with van der Waals surface area (Å²) in [6.45, 7) is 2.36. The Hall–Kier alpha value is -2.93. The first-order valence-electron chi connectivity index (χ1n) is 8.94. The lowest BCUT2D eigenvalue weighted by Gasteiger charge is -2.07. The molecule has 0 aliphatic rings. The van der Waals surface area contributed by atoms with E-state index in [0.717, 1.165) is 19.3 Å². The first-order valence-corrected chi connectivity index (χ1v) is 9.32. The molecule has 0 bridgehead atoms. The molecule has 2 aromatic heterocycles. The van der Waals surface area contributed by atoms with Gasteiger partial charge in [0.05, 0.1) is 29.3 Å². The number of nitrogen functional groups attached to an aromatic ring is 1. The number of aromatic nitrogens is 3. The predicted octanol–water partition coefficient (Wildman–Crippen LogP) is 4.86. The van der Waals surface area contributed by atoms with E-state index >= 15 is 0 Å². The highest BCUT2D eigenvalue weighted by atomic mass is 35.5. The zero-order chi connectivity index (χ0) is 20.1. The molecule has 0 aliphatic carbocycles. The van der Waals surface area contributed by atoms with Crippen molar-refractivity contribution in [2.75, 3.05) is 12.3 Å². The first-order chi connectivity index (χ1) is 13.5. The average Bonchev–Trinajstić information content (AvgIpc) is 3.12. The topological polar surface area (TPSA) is 93.9 Å². The highest BCUT2D eigenvalue weighted by Gasteiger charge is 2.22. The summed E-state index contributed by atoms with van der Waals surface area (Å²) in [5.74, 6) is -0.971. The van der Waals surface area contributed by atoms with Crippen LogP contribution in [0.5, 0.6) is 0 Å². The summed E-state index contributed by atoms with van der Waals surface area (Å²) < 4.78 is 19.8. The van der Waals surface area contributed by atoms with Crippen LogP contribution in [-0.2, 0) is 4.74 Å². The summed E-state index contributed by atoms with van der Waals surface area (Å²) in [4.78, 5) is 23.7. The maximum absolute atomic E-state index is 14.5. The van der Waals surface area contributed by atoms with E-state index in [4.69, 9.17) is 22.1 Å². The van der Waals surface area contributed by atoms with Gasteiger partial charge in [-0.3, -0.25) is 0 Å². The van der Waals surface area contributed by atoms with Gasteiger partial charge in [0.2, 0.25) is 5.95 Å². The summed E-state index contributed by atoms with van der Waals surface area (Å²) in [7, 11) is 0. The van der Waals surface area contributed by atoms with Crippen molar-refractivity contribution in [2.45, 2.75) is 26.2 Å². The number of carbonyl (C=O) groups excluding carboxylic acids is 1. The van der Waals surface area contributed by atoms with Crippen molar-refractivity contribution in [3.63, 3.8) is 0 Å². The molecular weight excluding hydrogens is 383 g/mol. The van der Waals surface area contributed by atoms with Crippen LogP contribution in [0.3, 0.4) is 0 Å². The molecule has 3 aromatic rings. The van der Waals surface area contributed by atoms with Crippen LogP contribution in [0.15, 0.2) is 36.5 Å². The van der Waals surface area contributed by atoms with E-state index in [0.29, 0.717) is 23.0 Å². The Labute approximate surface area is 166 Å². The Morgan fingerprint density at radius 2 is 2.11 bits per heavy atom. The molecule has 146 valence electrons. The molecule has 3 N–H and O–H groups in total. The third-order valence-electron chi connectivity index (χ3n) is 4.17. The molecule has 0 saturated carbocycles. The number of ether oxygens (including phenoxy) is 1. The van der Waals surface area contributed by atoms with Crippen LogP contribution < -0.4 is 5.73 Å². The minimum atomic E-state index is -0.546. The number of nitrogens with one attached hydrogen (secondary N) is 1. The molecule has 8 heteroatoms. The summed E-state index contributed by atoms with van der Waals surface area (Å²) in [6.07, 6.45) is 4.24. The van der Waals surface area contributed by atoms with Gasteiger partial charge in [-0.15, -0.1) is 0 Å². The molecule has 3 rings (SSSR count). The third kappa shape index (κ3) is 4.48. The number of nitrogens with zero attached hydrogens (tertiary/aromatic N) is 2. The molecule has 0 fully saturated rings. The number of esters is 1. The molecule has 0 saturated heterocycles. The molecule has 1 aromatic carbocycles. The summed E-state index contributed by atoms with van der Waals surface area (Å²) in [5.41, 5.74) is 7.25. The van der Waals surface area contributed by atoms with E-state index in [9.17, 15) is 9.18 Å². The number of hydrogen-bond acceptors (Lipinski definition) is 5. The standard InChI is InChI=1S/C20H20ClFN4O2/c1-2-3-4-9-28-19(27)14-11-17(16-7-8-24-20(23)26-16)25-18(14)13-10-12(21)5-6-15(13)22/h5-8,10-11,25H,2-4,9H2,1H3,(H2,23,24,26).